The minimum absolute atomic E-state index is 0. The van der Waals surface area contributed by atoms with E-state index in [1.54, 1.807) is 0 Å². The fourth-order valence-corrected chi connectivity index (χ4v) is 5.12. The van der Waals surface area contributed by atoms with Crippen molar-refractivity contribution in [1.29, 1.82) is 0 Å². The van der Waals surface area contributed by atoms with Crippen LogP contribution in [0.4, 0.5) is 0 Å². The predicted octanol–water partition coefficient (Wildman–Crippen LogP) is -2.08. The van der Waals surface area contributed by atoms with Crippen molar-refractivity contribution in [3.05, 3.63) is 46.5 Å². The molecule has 142 valence electrons. The third-order valence-electron chi connectivity index (χ3n) is 6.20. The summed E-state index contributed by atoms with van der Waals surface area (Å²) in [5.41, 5.74) is 4.76. The molecule has 0 bridgehead atoms. The molecule has 27 heavy (non-hydrogen) atoms. The topological polar surface area (TPSA) is 61.6 Å². The molecule has 7 heteroatoms. The van der Waals surface area contributed by atoms with Gasteiger partial charge in [0.15, 0.2) is 23.0 Å². The van der Waals surface area contributed by atoms with Crippen molar-refractivity contribution in [2.24, 2.45) is 0 Å². The fraction of sp³-hybridized carbons (Fsp3) is 0.400. The molecule has 6 nitrogen and oxygen atoms in total. The van der Waals surface area contributed by atoms with Crippen LogP contribution in [-0.2, 0) is 13.0 Å². The quantitative estimate of drug-likeness (QED) is 0.541. The molecule has 0 saturated carbocycles. The van der Waals surface area contributed by atoms with Crippen LogP contribution in [0.25, 0.3) is 0 Å². The Balaban J connectivity index is 0.00000160. The van der Waals surface area contributed by atoms with Crippen LogP contribution in [0.15, 0.2) is 24.3 Å². The summed E-state index contributed by atoms with van der Waals surface area (Å²) < 4.78 is 22.4. The highest BCUT2D eigenvalue weighted by molar-refractivity contribution is 5.56. The smallest absolute Gasteiger partial charge is 0.231 e. The second-order valence-electron chi connectivity index (χ2n) is 7.57. The van der Waals surface area contributed by atoms with Crippen molar-refractivity contribution in [3.63, 3.8) is 0 Å². The highest BCUT2D eigenvalue weighted by Crippen LogP contribution is 2.49. The molecular formula is C20H20ClNO5. The molecule has 0 spiro atoms. The summed E-state index contributed by atoms with van der Waals surface area (Å²) in [5.74, 6) is 3.28. The number of benzene rings is 2. The van der Waals surface area contributed by atoms with Crippen LogP contribution >= 0.6 is 0 Å². The lowest BCUT2D eigenvalue weighted by Gasteiger charge is -2.44. The minimum atomic E-state index is -0.442. The van der Waals surface area contributed by atoms with Gasteiger partial charge in [-0.2, -0.15) is 0 Å². The molecule has 0 amide bonds. The Labute approximate surface area is 163 Å². The zero-order valence-corrected chi connectivity index (χ0v) is 15.6. The SMILES string of the molecule is C[NH+]1Cc2c(ccc3c2OCO3)[C@@H]2[C@H](O)Cc3cc4c(cc3[C@@H]21)OCO4.[Cl-]. The zero-order valence-electron chi connectivity index (χ0n) is 14.8. The van der Waals surface area contributed by atoms with E-state index in [1.165, 1.54) is 21.6 Å². The van der Waals surface area contributed by atoms with Crippen LogP contribution < -0.4 is 36.3 Å². The summed E-state index contributed by atoms with van der Waals surface area (Å²) in [5, 5.41) is 11.1. The first kappa shape index (κ1) is 17.0. The molecule has 4 atom stereocenters. The first-order chi connectivity index (χ1) is 12.7. The number of hydrogen-bond acceptors (Lipinski definition) is 5. The Hall–Kier alpha value is -2.15. The van der Waals surface area contributed by atoms with E-state index in [1.807, 2.05) is 12.1 Å². The largest absolute Gasteiger partial charge is 1.00 e. The van der Waals surface area contributed by atoms with Crippen LogP contribution in [0, 0.1) is 0 Å². The van der Waals surface area contributed by atoms with Crippen LogP contribution in [0.2, 0.25) is 0 Å². The van der Waals surface area contributed by atoms with E-state index in [2.05, 4.69) is 19.2 Å². The van der Waals surface area contributed by atoms with E-state index in [-0.39, 0.29) is 38.0 Å². The minimum Gasteiger partial charge on any atom is -1.00 e. The van der Waals surface area contributed by atoms with Gasteiger partial charge in [0.05, 0.1) is 24.6 Å². The molecule has 3 heterocycles. The highest BCUT2D eigenvalue weighted by Gasteiger charge is 2.48. The zero-order chi connectivity index (χ0) is 17.4. The van der Waals surface area contributed by atoms with Crippen LogP contribution in [0.3, 0.4) is 0 Å². The maximum Gasteiger partial charge on any atom is 0.231 e. The van der Waals surface area contributed by atoms with Gasteiger partial charge in [0.2, 0.25) is 13.6 Å². The molecule has 2 aromatic carbocycles. The molecule has 1 unspecified atom stereocenters. The van der Waals surface area contributed by atoms with E-state index in [0.717, 1.165) is 35.1 Å². The van der Waals surface area contributed by atoms with Gasteiger partial charge in [-0.1, -0.05) is 6.07 Å². The third kappa shape index (κ3) is 2.27. The first-order valence-electron chi connectivity index (χ1n) is 9.05. The fourth-order valence-electron chi connectivity index (χ4n) is 5.12. The Bertz CT molecular complexity index is 931. The molecule has 2 N–H and O–H groups in total. The molecule has 0 aromatic heterocycles. The Morgan fingerprint density at radius 2 is 1.70 bits per heavy atom. The van der Waals surface area contributed by atoms with Crippen molar-refractivity contribution in [2.45, 2.75) is 31.0 Å². The molecule has 3 aliphatic heterocycles. The summed E-state index contributed by atoms with van der Waals surface area (Å²) in [6, 6.07) is 8.41. The summed E-state index contributed by atoms with van der Waals surface area (Å²) in [4.78, 5) is 1.34. The van der Waals surface area contributed by atoms with Gasteiger partial charge >= 0.3 is 0 Å². The number of nitrogens with one attached hydrogen (secondary N) is 1. The summed E-state index contributed by atoms with van der Waals surface area (Å²) >= 11 is 0. The molecule has 0 saturated heterocycles. The van der Waals surface area contributed by atoms with Gasteiger partial charge in [0.25, 0.3) is 0 Å². The second kappa shape index (κ2) is 5.92. The number of ether oxygens (including phenoxy) is 4. The average molecular weight is 390 g/mol. The maximum atomic E-state index is 11.1. The molecular weight excluding hydrogens is 370 g/mol. The van der Waals surface area contributed by atoms with Gasteiger partial charge < -0.3 is 41.4 Å². The lowest BCUT2D eigenvalue weighted by atomic mass is 9.70. The van der Waals surface area contributed by atoms with E-state index in [9.17, 15) is 5.11 Å². The predicted molar refractivity (Wildman–Crippen MR) is 90.9 cm³/mol. The van der Waals surface area contributed by atoms with Gasteiger partial charge in [-0.3, -0.25) is 0 Å². The van der Waals surface area contributed by atoms with Gasteiger partial charge in [0, 0.05) is 5.56 Å². The van der Waals surface area contributed by atoms with Crippen molar-refractivity contribution < 1.29 is 41.4 Å². The number of fused-ring (bicyclic) bond motifs is 8. The van der Waals surface area contributed by atoms with Crippen molar-refractivity contribution in [3.8, 4) is 23.0 Å². The van der Waals surface area contributed by atoms with Crippen LogP contribution in [0.5, 0.6) is 23.0 Å². The van der Waals surface area contributed by atoms with Crippen LogP contribution in [0.1, 0.15) is 34.2 Å². The number of aliphatic hydroxyl groups is 1. The standard InChI is InChI=1S/C20H19NO5.ClH/c1-21-7-13-11(2-3-15-20(13)26-9-23-15)18-14(22)4-10-5-16-17(25-8-24-16)6-12(10)19(18)21;/h2-3,5-6,14,18-19,22H,4,7-9H2,1H3;1H/t14-,18-,19+;/m1./s1. The monoisotopic (exact) mass is 389 g/mol. The molecule has 4 aliphatic rings. The number of quaternary nitrogens is 1. The highest BCUT2D eigenvalue weighted by atomic mass is 35.5. The Morgan fingerprint density at radius 1 is 0.963 bits per heavy atom. The van der Waals surface area contributed by atoms with E-state index >= 15 is 0 Å². The normalized spacial score (nSPS) is 28.7. The van der Waals surface area contributed by atoms with Gasteiger partial charge in [-0.25, -0.2) is 0 Å². The molecule has 6 rings (SSSR count). The van der Waals surface area contributed by atoms with Crippen LogP contribution in [-0.4, -0.2) is 31.8 Å². The maximum absolute atomic E-state index is 11.1. The third-order valence-corrected chi connectivity index (χ3v) is 6.20. The van der Waals surface area contributed by atoms with E-state index in [0.29, 0.717) is 6.42 Å². The lowest BCUT2D eigenvalue weighted by molar-refractivity contribution is -0.931. The second-order valence-corrected chi connectivity index (χ2v) is 7.57. The molecule has 0 radical (unpaired) electrons. The first-order valence-corrected chi connectivity index (χ1v) is 9.05. The number of rotatable bonds is 0. The summed E-state index contributed by atoms with van der Waals surface area (Å²) in [7, 11) is 2.18. The number of halogens is 1. The van der Waals surface area contributed by atoms with E-state index < -0.39 is 6.10 Å². The molecule has 2 aromatic rings. The van der Waals surface area contributed by atoms with E-state index in [4.69, 9.17) is 18.9 Å². The molecule has 0 fully saturated rings. The van der Waals surface area contributed by atoms with Gasteiger partial charge in [-0.05, 0) is 35.7 Å². The summed E-state index contributed by atoms with van der Waals surface area (Å²) in [6.07, 6.45) is 0.177. The van der Waals surface area contributed by atoms with Gasteiger partial charge in [0.1, 0.15) is 12.6 Å². The summed E-state index contributed by atoms with van der Waals surface area (Å²) in [6.45, 7) is 1.38. The molecule has 1 aliphatic carbocycles. The van der Waals surface area contributed by atoms with Crippen molar-refractivity contribution >= 4 is 0 Å². The van der Waals surface area contributed by atoms with Gasteiger partial charge in [-0.15, -0.1) is 0 Å². The Kier molecular flexibility index (Phi) is 3.73. The number of likely N-dealkylation sites (N-methyl/N-ethyl adjacent to an activating group) is 1. The van der Waals surface area contributed by atoms with Crippen molar-refractivity contribution in [2.75, 3.05) is 20.6 Å². The number of hydrogen-bond donors (Lipinski definition) is 2. The number of aliphatic hydroxyl groups excluding tert-OH is 1. The Morgan fingerprint density at radius 3 is 2.56 bits per heavy atom. The average Bonchev–Trinajstić information content (AvgIpc) is 3.28. The lowest BCUT2D eigenvalue weighted by Crippen LogP contribution is -3.09. The van der Waals surface area contributed by atoms with Crippen molar-refractivity contribution in [1.82, 2.24) is 0 Å².